The van der Waals surface area contributed by atoms with Gasteiger partial charge in [-0.05, 0) is 40.8 Å². The molecule has 1 amide bonds. The molecule has 0 aliphatic rings. The summed E-state index contributed by atoms with van der Waals surface area (Å²) in [5, 5.41) is 6.12. The van der Waals surface area contributed by atoms with Crippen LogP contribution in [0.3, 0.4) is 0 Å². The van der Waals surface area contributed by atoms with Gasteiger partial charge < -0.3 is 10.6 Å². The molecule has 0 saturated heterocycles. The van der Waals surface area contributed by atoms with Crippen LogP contribution in [-0.2, 0) is 4.79 Å². The average molecular weight is 411 g/mol. The molecule has 0 bridgehead atoms. The Labute approximate surface area is 124 Å². The van der Waals surface area contributed by atoms with Gasteiger partial charge >= 0.3 is 0 Å². The number of nitrogens with one attached hydrogen (secondary N) is 2. The number of rotatable bonds is 5. The van der Waals surface area contributed by atoms with Crippen molar-refractivity contribution in [3.63, 3.8) is 0 Å². The lowest BCUT2D eigenvalue weighted by Crippen LogP contribution is -2.27. The average Bonchev–Trinajstić information content (AvgIpc) is 2.23. The van der Waals surface area contributed by atoms with Crippen LogP contribution in [-0.4, -0.2) is 18.5 Å². The second-order valence-electron chi connectivity index (χ2n) is 4.03. The van der Waals surface area contributed by atoms with Gasteiger partial charge in [0, 0.05) is 27.1 Å². The van der Waals surface area contributed by atoms with Crippen molar-refractivity contribution >= 4 is 50.1 Å². The van der Waals surface area contributed by atoms with E-state index in [1.165, 1.54) is 0 Å². The third-order valence-electron chi connectivity index (χ3n) is 2.11. The van der Waals surface area contributed by atoms with Crippen molar-refractivity contribution in [2.24, 2.45) is 0 Å². The number of halogens is 2. The lowest BCUT2D eigenvalue weighted by molar-refractivity contribution is -0.116. The van der Waals surface area contributed by atoms with Crippen molar-refractivity contribution in [3.05, 3.63) is 26.2 Å². The highest BCUT2D eigenvalue weighted by Gasteiger charge is 2.06. The van der Waals surface area contributed by atoms with Crippen molar-refractivity contribution < 1.29 is 4.79 Å². The van der Waals surface area contributed by atoms with Gasteiger partial charge in [-0.1, -0.05) is 29.8 Å². The summed E-state index contributed by atoms with van der Waals surface area (Å²) in [4.78, 5) is 11.7. The normalized spacial score (nSPS) is 10.6. The molecule has 0 atom stereocenters. The molecule has 0 aliphatic heterocycles. The van der Waals surface area contributed by atoms with Crippen LogP contribution in [0.5, 0.6) is 0 Å². The Morgan fingerprint density at radius 3 is 2.82 bits per heavy atom. The number of carbonyl (C=O) groups excluding carboxylic acids is 1. The maximum atomic E-state index is 11.7. The highest BCUT2D eigenvalue weighted by atomic mass is 127. The number of hydrogen-bond acceptors (Lipinski definition) is 2. The SMILES string of the molecule is CC(C)NCCC(=O)Nc1cc(Br)ccc1I. The molecule has 0 aliphatic carbocycles. The molecule has 17 heavy (non-hydrogen) atoms. The first-order chi connectivity index (χ1) is 7.99. The standard InChI is InChI=1S/C12H16BrIN2O/c1-8(2)15-6-5-12(17)16-11-7-9(13)3-4-10(11)14/h3-4,7-8,15H,5-6H2,1-2H3,(H,16,17). The van der Waals surface area contributed by atoms with E-state index >= 15 is 0 Å². The van der Waals surface area contributed by atoms with Crippen molar-refractivity contribution in [3.8, 4) is 0 Å². The number of hydrogen-bond donors (Lipinski definition) is 2. The number of amides is 1. The van der Waals surface area contributed by atoms with Gasteiger partial charge in [-0.25, -0.2) is 0 Å². The third kappa shape index (κ3) is 5.83. The summed E-state index contributed by atoms with van der Waals surface area (Å²) in [6.45, 7) is 4.83. The molecular weight excluding hydrogens is 395 g/mol. The summed E-state index contributed by atoms with van der Waals surface area (Å²) in [7, 11) is 0. The minimum absolute atomic E-state index is 0.0363. The van der Waals surface area contributed by atoms with Crippen LogP contribution in [0.2, 0.25) is 0 Å². The summed E-state index contributed by atoms with van der Waals surface area (Å²) < 4.78 is 2.00. The zero-order valence-electron chi connectivity index (χ0n) is 9.89. The molecule has 0 aromatic heterocycles. The van der Waals surface area contributed by atoms with Crippen molar-refractivity contribution in [2.75, 3.05) is 11.9 Å². The van der Waals surface area contributed by atoms with Crippen molar-refractivity contribution in [1.29, 1.82) is 0 Å². The summed E-state index contributed by atoms with van der Waals surface area (Å²) in [6.07, 6.45) is 0.487. The van der Waals surface area contributed by atoms with E-state index in [2.05, 4.69) is 63.0 Å². The van der Waals surface area contributed by atoms with Crippen LogP contribution < -0.4 is 10.6 Å². The van der Waals surface area contributed by atoms with Gasteiger partial charge in [0.05, 0.1) is 5.69 Å². The largest absolute Gasteiger partial charge is 0.325 e. The number of anilines is 1. The van der Waals surface area contributed by atoms with Crippen molar-refractivity contribution in [2.45, 2.75) is 26.3 Å². The van der Waals surface area contributed by atoms with Gasteiger partial charge in [0.25, 0.3) is 0 Å². The van der Waals surface area contributed by atoms with Gasteiger partial charge in [0.15, 0.2) is 0 Å². The monoisotopic (exact) mass is 410 g/mol. The highest BCUT2D eigenvalue weighted by molar-refractivity contribution is 14.1. The fraction of sp³-hybridized carbons (Fsp3) is 0.417. The van der Waals surface area contributed by atoms with Crippen LogP contribution >= 0.6 is 38.5 Å². The summed E-state index contributed by atoms with van der Waals surface area (Å²) in [6, 6.07) is 6.24. The topological polar surface area (TPSA) is 41.1 Å². The van der Waals surface area contributed by atoms with E-state index in [1.807, 2.05) is 18.2 Å². The molecule has 0 saturated carbocycles. The Bertz CT molecular complexity index is 396. The lowest BCUT2D eigenvalue weighted by Gasteiger charge is -2.10. The van der Waals surface area contributed by atoms with Gasteiger partial charge in [0.1, 0.15) is 0 Å². The zero-order valence-corrected chi connectivity index (χ0v) is 13.6. The van der Waals surface area contributed by atoms with Crippen LogP contribution in [0.4, 0.5) is 5.69 Å². The second-order valence-corrected chi connectivity index (χ2v) is 6.11. The van der Waals surface area contributed by atoms with Gasteiger partial charge in [0.2, 0.25) is 5.91 Å². The Morgan fingerprint density at radius 1 is 1.47 bits per heavy atom. The van der Waals surface area contributed by atoms with Crippen LogP contribution in [0, 0.1) is 3.57 Å². The van der Waals surface area contributed by atoms with Crippen LogP contribution in [0.15, 0.2) is 22.7 Å². The van der Waals surface area contributed by atoms with E-state index in [9.17, 15) is 4.79 Å². The van der Waals surface area contributed by atoms with E-state index < -0.39 is 0 Å². The van der Waals surface area contributed by atoms with E-state index in [4.69, 9.17) is 0 Å². The zero-order chi connectivity index (χ0) is 12.8. The van der Waals surface area contributed by atoms with Crippen LogP contribution in [0.25, 0.3) is 0 Å². The molecule has 0 fully saturated rings. The maximum Gasteiger partial charge on any atom is 0.225 e. The number of carbonyl (C=O) groups is 1. The molecule has 3 nitrogen and oxygen atoms in total. The van der Waals surface area contributed by atoms with Crippen molar-refractivity contribution in [1.82, 2.24) is 5.32 Å². The quantitative estimate of drug-likeness (QED) is 0.730. The van der Waals surface area contributed by atoms with Crippen LogP contribution in [0.1, 0.15) is 20.3 Å². The lowest BCUT2D eigenvalue weighted by atomic mass is 10.3. The molecule has 0 radical (unpaired) electrons. The molecule has 0 heterocycles. The minimum atomic E-state index is 0.0363. The molecule has 94 valence electrons. The molecule has 1 aromatic carbocycles. The van der Waals surface area contributed by atoms with E-state index in [1.54, 1.807) is 0 Å². The molecule has 0 spiro atoms. The molecule has 5 heteroatoms. The Morgan fingerprint density at radius 2 is 2.18 bits per heavy atom. The maximum absolute atomic E-state index is 11.7. The summed E-state index contributed by atoms with van der Waals surface area (Å²) >= 11 is 5.60. The molecule has 1 rings (SSSR count). The Hall–Kier alpha value is -0.140. The fourth-order valence-corrected chi connectivity index (χ4v) is 2.11. The molecule has 1 aromatic rings. The Kier molecular flexibility index (Phi) is 6.43. The third-order valence-corrected chi connectivity index (χ3v) is 3.54. The van der Waals surface area contributed by atoms with Gasteiger partial charge in [-0.2, -0.15) is 0 Å². The predicted molar refractivity (Wildman–Crippen MR) is 83.2 cm³/mol. The smallest absolute Gasteiger partial charge is 0.225 e. The van der Waals surface area contributed by atoms with E-state index in [0.717, 1.165) is 13.7 Å². The summed E-state index contributed by atoms with van der Waals surface area (Å²) in [5.74, 6) is 0.0363. The first kappa shape index (κ1) is 14.9. The highest BCUT2D eigenvalue weighted by Crippen LogP contribution is 2.22. The molecule has 0 unspecified atom stereocenters. The second kappa shape index (κ2) is 7.33. The predicted octanol–water partition coefficient (Wildman–Crippen LogP) is 3.38. The molecule has 2 N–H and O–H groups in total. The molecular formula is C12H16BrIN2O. The summed E-state index contributed by atoms with van der Waals surface area (Å²) in [5.41, 5.74) is 0.856. The first-order valence-corrected chi connectivity index (χ1v) is 7.34. The fourth-order valence-electron chi connectivity index (χ4n) is 1.28. The Balaban J connectivity index is 2.47. The minimum Gasteiger partial charge on any atom is -0.325 e. The first-order valence-electron chi connectivity index (χ1n) is 5.47. The van der Waals surface area contributed by atoms with E-state index in [-0.39, 0.29) is 5.91 Å². The van der Waals surface area contributed by atoms with E-state index in [0.29, 0.717) is 19.0 Å². The van der Waals surface area contributed by atoms with Gasteiger partial charge in [-0.15, -0.1) is 0 Å². The van der Waals surface area contributed by atoms with Gasteiger partial charge in [-0.3, -0.25) is 4.79 Å². The number of benzene rings is 1.